The second-order valence-corrected chi connectivity index (χ2v) is 3.36. The third kappa shape index (κ3) is 1.88. The summed E-state index contributed by atoms with van der Waals surface area (Å²) in [5.41, 5.74) is 1.04. The first-order valence-electron chi connectivity index (χ1n) is 4.94. The average molecular weight is 207 g/mol. The second kappa shape index (κ2) is 4.21. The van der Waals surface area contributed by atoms with E-state index in [-0.39, 0.29) is 12.8 Å². The molecule has 0 fully saturated rings. The lowest BCUT2D eigenvalue weighted by molar-refractivity contribution is -0.110. The third-order valence-electron chi connectivity index (χ3n) is 2.48. The zero-order valence-electron chi connectivity index (χ0n) is 8.53. The van der Waals surface area contributed by atoms with E-state index < -0.39 is 0 Å². The fraction of sp³-hybridized carbons (Fsp3) is 0.364. The summed E-state index contributed by atoms with van der Waals surface area (Å²) in [5.74, 6) is 1.51. The normalized spacial score (nSPS) is 14.7. The van der Waals surface area contributed by atoms with Gasteiger partial charge < -0.3 is 14.8 Å². The quantitative estimate of drug-likeness (QED) is 0.763. The minimum absolute atomic E-state index is 0.0389. The molecule has 0 saturated carbocycles. The van der Waals surface area contributed by atoms with Gasteiger partial charge in [-0.05, 0) is 24.1 Å². The maximum absolute atomic E-state index is 10.4. The number of benzene rings is 1. The largest absolute Gasteiger partial charge is 0.454 e. The molecular formula is C11H13NO3. The predicted molar refractivity (Wildman–Crippen MR) is 54.8 cm³/mol. The van der Waals surface area contributed by atoms with Gasteiger partial charge in [-0.15, -0.1) is 0 Å². The van der Waals surface area contributed by atoms with Gasteiger partial charge in [0.2, 0.25) is 13.2 Å². The molecule has 1 heterocycles. The van der Waals surface area contributed by atoms with Gasteiger partial charge in [-0.1, -0.05) is 13.0 Å². The third-order valence-corrected chi connectivity index (χ3v) is 2.48. The molecule has 4 nitrogen and oxygen atoms in total. The smallest absolute Gasteiger partial charge is 0.231 e. The maximum Gasteiger partial charge on any atom is 0.231 e. The number of carbonyl (C=O) groups excluding carboxylic acids is 1. The molecule has 4 heteroatoms. The number of amides is 1. The molecule has 0 aliphatic carbocycles. The minimum atomic E-state index is 0.0389. The molecule has 2 rings (SSSR count). The van der Waals surface area contributed by atoms with Crippen molar-refractivity contribution in [3.63, 3.8) is 0 Å². The molecule has 1 amide bonds. The summed E-state index contributed by atoms with van der Waals surface area (Å²) >= 11 is 0. The first-order valence-corrected chi connectivity index (χ1v) is 4.94. The Morgan fingerprint density at radius 1 is 1.47 bits per heavy atom. The van der Waals surface area contributed by atoms with Gasteiger partial charge >= 0.3 is 0 Å². The standard InChI is InChI=1S/C11H13NO3/c1-2-9(12-6-13)8-3-4-10-11(5-8)15-7-14-10/h3-6,9H,2,7H2,1H3,(H,12,13). The number of rotatable bonds is 4. The molecule has 0 saturated heterocycles. The Balaban J connectivity index is 2.24. The van der Waals surface area contributed by atoms with Gasteiger partial charge in [0, 0.05) is 0 Å². The zero-order valence-corrected chi connectivity index (χ0v) is 8.53. The van der Waals surface area contributed by atoms with Crippen LogP contribution in [0.25, 0.3) is 0 Å². The summed E-state index contributed by atoms with van der Waals surface area (Å²) in [5, 5.41) is 2.76. The summed E-state index contributed by atoms with van der Waals surface area (Å²) in [6.45, 7) is 2.29. The molecule has 0 spiro atoms. The molecule has 1 atom stereocenters. The summed E-state index contributed by atoms with van der Waals surface area (Å²) in [7, 11) is 0. The van der Waals surface area contributed by atoms with E-state index >= 15 is 0 Å². The number of carbonyl (C=O) groups is 1. The van der Waals surface area contributed by atoms with Gasteiger partial charge in [0.15, 0.2) is 11.5 Å². The molecule has 0 radical (unpaired) electrons. The molecule has 1 unspecified atom stereocenters. The van der Waals surface area contributed by atoms with Crippen molar-refractivity contribution in [2.24, 2.45) is 0 Å². The van der Waals surface area contributed by atoms with Crippen molar-refractivity contribution in [3.8, 4) is 11.5 Å². The lowest BCUT2D eigenvalue weighted by Crippen LogP contribution is -2.18. The fourth-order valence-electron chi connectivity index (χ4n) is 1.66. The minimum Gasteiger partial charge on any atom is -0.454 e. The highest BCUT2D eigenvalue weighted by molar-refractivity contribution is 5.50. The van der Waals surface area contributed by atoms with Gasteiger partial charge in [-0.25, -0.2) is 0 Å². The highest BCUT2D eigenvalue weighted by atomic mass is 16.7. The summed E-state index contributed by atoms with van der Waals surface area (Å²) < 4.78 is 10.5. The first-order chi connectivity index (χ1) is 7.35. The van der Waals surface area contributed by atoms with E-state index in [4.69, 9.17) is 9.47 Å². The molecule has 1 aromatic rings. The van der Waals surface area contributed by atoms with E-state index in [1.807, 2.05) is 25.1 Å². The second-order valence-electron chi connectivity index (χ2n) is 3.36. The van der Waals surface area contributed by atoms with Crippen LogP contribution >= 0.6 is 0 Å². The highest BCUT2D eigenvalue weighted by Crippen LogP contribution is 2.34. The van der Waals surface area contributed by atoms with E-state index in [2.05, 4.69) is 5.32 Å². The average Bonchev–Trinajstić information content (AvgIpc) is 2.72. The lowest BCUT2D eigenvalue weighted by atomic mass is 10.0. The molecule has 0 bridgehead atoms. The van der Waals surface area contributed by atoms with Crippen molar-refractivity contribution in [2.45, 2.75) is 19.4 Å². The summed E-state index contributed by atoms with van der Waals surface area (Å²) in [4.78, 5) is 10.4. The van der Waals surface area contributed by atoms with Crippen LogP contribution in [0.2, 0.25) is 0 Å². The van der Waals surface area contributed by atoms with Crippen molar-refractivity contribution in [1.82, 2.24) is 5.32 Å². The van der Waals surface area contributed by atoms with Gasteiger partial charge in [0.05, 0.1) is 6.04 Å². The molecule has 1 N–H and O–H groups in total. The predicted octanol–water partition coefficient (Wildman–Crippen LogP) is 1.61. The van der Waals surface area contributed by atoms with Gasteiger partial charge in [-0.3, -0.25) is 4.79 Å². The number of fused-ring (bicyclic) bond motifs is 1. The molecule has 0 aromatic heterocycles. The number of hydrogen-bond acceptors (Lipinski definition) is 3. The van der Waals surface area contributed by atoms with Crippen molar-refractivity contribution >= 4 is 6.41 Å². The Labute approximate surface area is 88.2 Å². The van der Waals surface area contributed by atoms with Crippen LogP contribution in [0, 0.1) is 0 Å². The number of ether oxygens (including phenoxy) is 2. The molecule has 1 aliphatic rings. The fourth-order valence-corrected chi connectivity index (χ4v) is 1.66. The molecule has 1 aromatic carbocycles. The summed E-state index contributed by atoms with van der Waals surface area (Å²) in [6, 6.07) is 5.76. The Bertz CT molecular complexity index is 365. The molecule has 15 heavy (non-hydrogen) atoms. The van der Waals surface area contributed by atoms with Crippen molar-refractivity contribution in [3.05, 3.63) is 23.8 Å². The van der Waals surface area contributed by atoms with Crippen LogP contribution < -0.4 is 14.8 Å². The van der Waals surface area contributed by atoms with Crippen molar-refractivity contribution < 1.29 is 14.3 Å². The Hall–Kier alpha value is -1.71. The highest BCUT2D eigenvalue weighted by Gasteiger charge is 2.16. The van der Waals surface area contributed by atoms with Crippen LogP contribution in [0.3, 0.4) is 0 Å². The van der Waals surface area contributed by atoms with E-state index in [9.17, 15) is 4.79 Å². The Morgan fingerprint density at radius 2 is 2.27 bits per heavy atom. The first kappa shape index (κ1) is 9.83. The van der Waals surface area contributed by atoms with E-state index in [0.29, 0.717) is 0 Å². The van der Waals surface area contributed by atoms with Crippen LogP contribution in [0.4, 0.5) is 0 Å². The van der Waals surface area contributed by atoms with Crippen LogP contribution in [0.15, 0.2) is 18.2 Å². The van der Waals surface area contributed by atoms with Gasteiger partial charge in [-0.2, -0.15) is 0 Å². The van der Waals surface area contributed by atoms with Crippen LogP contribution in [-0.4, -0.2) is 13.2 Å². The lowest BCUT2D eigenvalue weighted by Gasteiger charge is -2.14. The van der Waals surface area contributed by atoms with E-state index in [1.165, 1.54) is 0 Å². The van der Waals surface area contributed by atoms with Gasteiger partial charge in [0.1, 0.15) is 0 Å². The van der Waals surface area contributed by atoms with Crippen LogP contribution in [-0.2, 0) is 4.79 Å². The maximum atomic E-state index is 10.4. The van der Waals surface area contributed by atoms with Crippen LogP contribution in [0.1, 0.15) is 24.9 Å². The Kier molecular flexibility index (Phi) is 2.76. The topological polar surface area (TPSA) is 47.6 Å². The van der Waals surface area contributed by atoms with Gasteiger partial charge in [0.25, 0.3) is 0 Å². The SMILES string of the molecule is CCC(NC=O)c1ccc2c(c1)OCO2. The Morgan fingerprint density at radius 3 is 3.00 bits per heavy atom. The molecule has 1 aliphatic heterocycles. The molecule has 80 valence electrons. The number of nitrogens with one attached hydrogen (secondary N) is 1. The van der Waals surface area contributed by atoms with E-state index in [1.54, 1.807) is 0 Å². The summed E-state index contributed by atoms with van der Waals surface area (Å²) in [6.07, 6.45) is 1.57. The monoisotopic (exact) mass is 207 g/mol. The number of hydrogen-bond donors (Lipinski definition) is 1. The van der Waals surface area contributed by atoms with Crippen molar-refractivity contribution in [2.75, 3.05) is 6.79 Å². The van der Waals surface area contributed by atoms with E-state index in [0.717, 1.165) is 29.9 Å². The van der Waals surface area contributed by atoms with Crippen molar-refractivity contribution in [1.29, 1.82) is 0 Å². The van der Waals surface area contributed by atoms with Crippen LogP contribution in [0.5, 0.6) is 11.5 Å². The molecular weight excluding hydrogens is 194 g/mol. The zero-order chi connectivity index (χ0) is 10.7.